The van der Waals surface area contributed by atoms with Gasteiger partial charge in [0.25, 0.3) is 0 Å². The Balaban J connectivity index is 1.04. The van der Waals surface area contributed by atoms with E-state index < -0.39 is 10.0 Å². The van der Waals surface area contributed by atoms with E-state index in [1.165, 1.54) is 6.42 Å². The van der Waals surface area contributed by atoms with Gasteiger partial charge in [0.05, 0.1) is 12.4 Å². The molecule has 5 rings (SSSR count). The molecule has 2 amide bonds. The predicted molar refractivity (Wildman–Crippen MR) is 114 cm³/mol. The Morgan fingerprint density at radius 1 is 1.17 bits per heavy atom. The van der Waals surface area contributed by atoms with Crippen LogP contribution in [0.3, 0.4) is 0 Å². The summed E-state index contributed by atoms with van der Waals surface area (Å²) < 4.78 is 32.8. The number of hydrogen-bond donors (Lipinski definition) is 2. The van der Waals surface area contributed by atoms with E-state index in [9.17, 15) is 13.2 Å². The highest BCUT2D eigenvalue weighted by Gasteiger charge is 2.58. The van der Waals surface area contributed by atoms with Gasteiger partial charge in [-0.1, -0.05) is 18.6 Å². The summed E-state index contributed by atoms with van der Waals surface area (Å²) in [6, 6.07) is 7.56. The van der Waals surface area contributed by atoms with E-state index in [1.54, 1.807) is 11.4 Å². The van der Waals surface area contributed by atoms with Crippen LogP contribution >= 0.6 is 0 Å². The monoisotopic (exact) mass is 433 g/mol. The highest BCUT2D eigenvalue weighted by atomic mass is 32.2. The Kier molecular flexibility index (Phi) is 4.97. The Morgan fingerprint density at radius 2 is 1.90 bits per heavy atom. The summed E-state index contributed by atoms with van der Waals surface area (Å²) in [6.07, 6.45) is 6.02. The van der Waals surface area contributed by atoms with E-state index >= 15 is 0 Å². The summed E-state index contributed by atoms with van der Waals surface area (Å²) >= 11 is 0. The van der Waals surface area contributed by atoms with E-state index in [0.717, 1.165) is 43.4 Å². The fourth-order valence-corrected chi connectivity index (χ4v) is 8.67. The Hall–Kier alpha value is -1.80. The second-order valence-electron chi connectivity index (χ2n) is 9.81. The number of carbonyl (C=O) groups excluding carboxylic acids is 1. The third-order valence-electron chi connectivity index (χ3n) is 7.75. The summed E-state index contributed by atoms with van der Waals surface area (Å²) in [7, 11) is -1.51. The van der Waals surface area contributed by atoms with Crippen molar-refractivity contribution in [2.45, 2.75) is 56.4 Å². The zero-order valence-electron chi connectivity index (χ0n) is 17.5. The molecule has 8 heteroatoms. The number of nitrogens with one attached hydrogen (secondary N) is 2. The van der Waals surface area contributed by atoms with E-state index in [4.69, 9.17) is 4.74 Å². The number of urea groups is 1. The van der Waals surface area contributed by atoms with Crippen LogP contribution in [0.2, 0.25) is 0 Å². The lowest BCUT2D eigenvalue weighted by molar-refractivity contribution is -0.0310. The molecule has 0 aromatic heterocycles. The molecule has 1 saturated heterocycles. The zero-order valence-corrected chi connectivity index (χ0v) is 18.3. The third kappa shape index (κ3) is 3.58. The zero-order chi connectivity index (χ0) is 20.9. The maximum atomic E-state index is 13.0. The molecule has 2 bridgehead atoms. The summed E-state index contributed by atoms with van der Waals surface area (Å²) in [5.41, 5.74) is 1.09. The molecule has 3 aliphatic carbocycles. The van der Waals surface area contributed by atoms with Gasteiger partial charge in [0, 0.05) is 31.1 Å². The number of methoxy groups -OCH3 is 1. The number of fused-ring (bicyclic) bond motifs is 2. The quantitative estimate of drug-likeness (QED) is 0.722. The Labute approximate surface area is 178 Å². The highest BCUT2D eigenvalue weighted by molar-refractivity contribution is 7.89. The molecular weight excluding hydrogens is 402 g/mol. The number of benzene rings is 1. The van der Waals surface area contributed by atoms with Gasteiger partial charge in [-0.05, 0) is 61.6 Å². The molecule has 2 N–H and O–H groups in total. The fourth-order valence-electron chi connectivity index (χ4n) is 6.13. The lowest BCUT2D eigenvalue weighted by Gasteiger charge is -2.58. The van der Waals surface area contributed by atoms with Crippen LogP contribution in [0.25, 0.3) is 0 Å². The van der Waals surface area contributed by atoms with Gasteiger partial charge >= 0.3 is 6.03 Å². The molecule has 3 saturated carbocycles. The number of sulfonamides is 1. The van der Waals surface area contributed by atoms with E-state index in [2.05, 4.69) is 10.6 Å². The molecule has 4 fully saturated rings. The van der Waals surface area contributed by atoms with Crippen molar-refractivity contribution in [1.29, 1.82) is 0 Å². The van der Waals surface area contributed by atoms with Crippen LogP contribution in [-0.4, -0.2) is 50.2 Å². The summed E-state index contributed by atoms with van der Waals surface area (Å²) in [5, 5.41) is 5.77. The van der Waals surface area contributed by atoms with E-state index in [-0.39, 0.29) is 22.7 Å². The van der Waals surface area contributed by atoms with Crippen LogP contribution in [0.15, 0.2) is 24.3 Å². The molecule has 1 aliphatic heterocycles. The molecule has 3 atom stereocenters. The second kappa shape index (κ2) is 7.41. The maximum Gasteiger partial charge on any atom is 0.315 e. The van der Waals surface area contributed by atoms with Crippen molar-refractivity contribution in [3.63, 3.8) is 0 Å². The lowest BCUT2D eigenvalue weighted by Crippen LogP contribution is -2.68. The van der Waals surface area contributed by atoms with E-state index in [0.29, 0.717) is 31.5 Å². The summed E-state index contributed by atoms with van der Waals surface area (Å²) in [4.78, 5) is 12.2. The van der Waals surface area contributed by atoms with Crippen LogP contribution in [-0.2, 0) is 16.6 Å². The normalized spacial score (nSPS) is 30.0. The smallest absolute Gasteiger partial charge is 0.315 e. The summed E-state index contributed by atoms with van der Waals surface area (Å²) in [6.45, 7) is 1.73. The van der Waals surface area contributed by atoms with Gasteiger partial charge in [-0.3, -0.25) is 0 Å². The van der Waals surface area contributed by atoms with E-state index in [1.807, 2.05) is 24.3 Å². The molecule has 164 valence electrons. The van der Waals surface area contributed by atoms with Crippen LogP contribution in [0.5, 0.6) is 5.75 Å². The molecule has 1 spiro atoms. The van der Waals surface area contributed by atoms with Gasteiger partial charge < -0.3 is 15.4 Å². The molecule has 0 radical (unpaired) electrons. The van der Waals surface area contributed by atoms with Crippen LogP contribution < -0.4 is 15.4 Å². The molecule has 1 aromatic carbocycles. The molecule has 30 heavy (non-hydrogen) atoms. The Bertz CT molecular complexity index is 903. The van der Waals surface area contributed by atoms with Crippen LogP contribution in [0.1, 0.15) is 44.1 Å². The Morgan fingerprint density at radius 3 is 2.50 bits per heavy atom. The van der Waals surface area contributed by atoms with Gasteiger partial charge in [-0.15, -0.1) is 0 Å². The largest absolute Gasteiger partial charge is 0.497 e. The minimum absolute atomic E-state index is 0.0820. The average molecular weight is 434 g/mol. The SMILES string of the molecule is COc1ccc(CNC(=O)NC2CC3(C2)CN(S(=O)(=O)C2CC4CCC2C4)C3)cc1. The highest BCUT2D eigenvalue weighted by Crippen LogP contribution is 2.53. The van der Waals surface area contributed by atoms with Crippen molar-refractivity contribution in [3.05, 3.63) is 29.8 Å². The number of rotatable bonds is 6. The molecule has 4 aliphatic rings. The van der Waals surface area contributed by atoms with Crippen molar-refractivity contribution in [1.82, 2.24) is 14.9 Å². The second-order valence-corrected chi connectivity index (χ2v) is 12.0. The first-order valence-electron chi connectivity index (χ1n) is 11.0. The van der Waals surface area contributed by atoms with Crippen molar-refractivity contribution in [2.75, 3.05) is 20.2 Å². The first-order chi connectivity index (χ1) is 14.4. The lowest BCUT2D eigenvalue weighted by atomic mass is 9.61. The average Bonchev–Trinajstić information content (AvgIpc) is 3.31. The number of hydrogen-bond acceptors (Lipinski definition) is 4. The van der Waals surface area contributed by atoms with Crippen LogP contribution in [0.4, 0.5) is 4.79 Å². The minimum Gasteiger partial charge on any atom is -0.497 e. The molecular formula is C22H31N3O4S. The van der Waals surface area contributed by atoms with Crippen molar-refractivity contribution in [2.24, 2.45) is 17.3 Å². The predicted octanol–water partition coefficient (Wildman–Crippen LogP) is 2.48. The first-order valence-corrected chi connectivity index (χ1v) is 12.5. The standard InChI is InChI=1S/C22H31N3O4S/c1-29-19-6-3-15(4-7-19)12-23-21(26)24-18-10-22(11-18)13-25(14-22)30(27,28)20-9-16-2-5-17(20)8-16/h3-4,6-7,16-18,20H,2,5,8-14H2,1H3,(H2,23,24,26). The van der Waals surface area contributed by atoms with Crippen molar-refractivity contribution in [3.8, 4) is 5.75 Å². The minimum atomic E-state index is -3.14. The molecule has 7 nitrogen and oxygen atoms in total. The van der Waals surface area contributed by atoms with Gasteiger partial charge in [-0.25, -0.2) is 17.5 Å². The van der Waals surface area contributed by atoms with Gasteiger partial charge in [0.15, 0.2) is 0 Å². The number of ether oxygens (including phenoxy) is 1. The third-order valence-corrected chi connectivity index (χ3v) is 10.1. The van der Waals surface area contributed by atoms with Gasteiger partial charge in [0.2, 0.25) is 10.0 Å². The summed E-state index contributed by atoms with van der Waals surface area (Å²) in [5.74, 6) is 1.82. The number of carbonyl (C=O) groups is 1. The first kappa shape index (κ1) is 20.1. The molecule has 1 aromatic rings. The molecule has 3 unspecified atom stereocenters. The van der Waals surface area contributed by atoms with Crippen molar-refractivity contribution >= 4 is 16.1 Å². The number of nitrogens with zero attached hydrogens (tertiary/aromatic N) is 1. The topological polar surface area (TPSA) is 87.7 Å². The number of amides is 2. The molecule has 1 heterocycles. The van der Waals surface area contributed by atoms with Crippen LogP contribution in [0, 0.1) is 17.3 Å². The van der Waals surface area contributed by atoms with Crippen molar-refractivity contribution < 1.29 is 17.9 Å². The fraction of sp³-hybridized carbons (Fsp3) is 0.682. The van der Waals surface area contributed by atoms with Gasteiger partial charge in [0.1, 0.15) is 5.75 Å². The van der Waals surface area contributed by atoms with Gasteiger partial charge in [-0.2, -0.15) is 0 Å². The maximum absolute atomic E-state index is 13.0.